The predicted octanol–water partition coefficient (Wildman–Crippen LogP) is 7.69. The summed E-state index contributed by atoms with van der Waals surface area (Å²) in [7, 11) is 0. The van der Waals surface area contributed by atoms with Gasteiger partial charge in [-0.05, 0) is 19.3 Å². The van der Waals surface area contributed by atoms with Crippen molar-refractivity contribution in [3.05, 3.63) is 0 Å². The molecule has 0 aromatic carbocycles. The lowest BCUT2D eigenvalue weighted by Gasteiger charge is -2.50. The van der Waals surface area contributed by atoms with Crippen molar-refractivity contribution in [1.29, 1.82) is 21.2 Å². The molecule has 3 fully saturated rings. The monoisotopic (exact) mass is 480 g/mol. The number of nitrogens with zero attached hydrogens (tertiary/aromatic N) is 3. The highest BCUT2D eigenvalue weighted by Crippen LogP contribution is 2.65. The maximum atomic E-state index is 10.6. The summed E-state index contributed by atoms with van der Waals surface area (Å²) < 4.78 is 12.9. The Bertz CT molecular complexity index is 823. The molecule has 0 amide bonds. The zero-order valence-corrected chi connectivity index (χ0v) is 21.7. The van der Waals surface area contributed by atoms with Crippen molar-refractivity contribution in [3.8, 4) is 18.2 Å². The molecule has 2 aliphatic heterocycles. The molecular formula is C29H44N4O2. The molecule has 4 atom stereocenters. The van der Waals surface area contributed by atoms with E-state index < -0.39 is 28.6 Å². The quantitative estimate of drug-likeness (QED) is 0.340. The SMILES string of the molecule is CCCCCCCCCCC1OC23CCCCCCCCCCC2C(C#N)(C(=N)O3)C1(C#N)C#N. The lowest BCUT2D eigenvalue weighted by atomic mass is 9.52. The Labute approximate surface area is 212 Å². The summed E-state index contributed by atoms with van der Waals surface area (Å²) in [6, 6.07) is 6.80. The van der Waals surface area contributed by atoms with E-state index in [-0.39, 0.29) is 5.90 Å². The van der Waals surface area contributed by atoms with Gasteiger partial charge in [-0.25, -0.2) is 0 Å². The van der Waals surface area contributed by atoms with E-state index in [2.05, 4.69) is 25.1 Å². The van der Waals surface area contributed by atoms with Crippen LogP contribution in [-0.4, -0.2) is 17.8 Å². The second-order valence-electron chi connectivity index (χ2n) is 11.0. The molecular weight excluding hydrogens is 436 g/mol. The molecule has 2 bridgehead atoms. The first kappa shape index (κ1) is 27.5. The average Bonchev–Trinajstić information content (AvgIpc) is 3.04. The zero-order valence-electron chi connectivity index (χ0n) is 21.7. The van der Waals surface area contributed by atoms with Gasteiger partial charge < -0.3 is 9.47 Å². The summed E-state index contributed by atoms with van der Waals surface area (Å²) in [5.41, 5.74) is -3.29. The van der Waals surface area contributed by atoms with Gasteiger partial charge >= 0.3 is 0 Å². The smallest absolute Gasteiger partial charge is 0.217 e. The highest BCUT2D eigenvalue weighted by atomic mass is 16.7. The maximum Gasteiger partial charge on any atom is 0.217 e. The van der Waals surface area contributed by atoms with Crippen molar-refractivity contribution in [1.82, 2.24) is 0 Å². The highest BCUT2D eigenvalue weighted by Gasteiger charge is 2.79. The molecule has 0 aromatic rings. The van der Waals surface area contributed by atoms with Gasteiger partial charge in [0.2, 0.25) is 11.7 Å². The Morgan fingerprint density at radius 2 is 1.37 bits per heavy atom. The molecule has 3 aliphatic rings. The van der Waals surface area contributed by atoms with Gasteiger partial charge in [0.25, 0.3) is 0 Å². The van der Waals surface area contributed by atoms with Crippen LogP contribution in [0.25, 0.3) is 0 Å². The second-order valence-corrected chi connectivity index (χ2v) is 11.0. The fourth-order valence-electron chi connectivity index (χ4n) is 6.76. The minimum absolute atomic E-state index is 0.221. The van der Waals surface area contributed by atoms with Gasteiger partial charge in [0.15, 0.2) is 10.8 Å². The third-order valence-electron chi connectivity index (χ3n) is 8.75. The van der Waals surface area contributed by atoms with Crippen LogP contribution in [0.2, 0.25) is 0 Å². The summed E-state index contributed by atoms with van der Waals surface area (Å²) in [4.78, 5) is 0. The molecule has 6 heteroatoms. The van der Waals surface area contributed by atoms with Crippen LogP contribution in [0.4, 0.5) is 0 Å². The molecule has 2 heterocycles. The van der Waals surface area contributed by atoms with Gasteiger partial charge in [0.05, 0.1) is 30.2 Å². The second kappa shape index (κ2) is 12.7. The number of hydrogen-bond donors (Lipinski definition) is 1. The lowest BCUT2D eigenvalue weighted by Crippen LogP contribution is -2.62. The molecule has 1 N–H and O–H groups in total. The number of unbranched alkanes of at least 4 members (excludes halogenated alkanes) is 7. The van der Waals surface area contributed by atoms with Crippen LogP contribution in [0.5, 0.6) is 0 Å². The first-order valence-electron chi connectivity index (χ1n) is 14.3. The zero-order chi connectivity index (χ0) is 25.2. The average molecular weight is 481 g/mol. The molecule has 2 saturated heterocycles. The molecule has 35 heavy (non-hydrogen) atoms. The van der Waals surface area contributed by atoms with E-state index in [0.29, 0.717) is 19.3 Å². The Hall–Kier alpha value is -2.10. The normalized spacial score (nSPS) is 32.6. The molecule has 1 aliphatic carbocycles. The first-order valence-corrected chi connectivity index (χ1v) is 14.3. The van der Waals surface area contributed by atoms with Crippen LogP contribution in [0.1, 0.15) is 129 Å². The Morgan fingerprint density at radius 1 is 0.800 bits per heavy atom. The van der Waals surface area contributed by atoms with Crippen LogP contribution < -0.4 is 0 Å². The van der Waals surface area contributed by atoms with Crippen molar-refractivity contribution in [3.63, 3.8) is 0 Å². The molecule has 4 unspecified atom stereocenters. The Morgan fingerprint density at radius 3 is 1.97 bits per heavy atom. The van der Waals surface area contributed by atoms with Crippen molar-refractivity contribution in [2.45, 2.75) is 141 Å². The number of rotatable bonds is 9. The molecule has 6 nitrogen and oxygen atoms in total. The van der Waals surface area contributed by atoms with E-state index in [9.17, 15) is 15.8 Å². The van der Waals surface area contributed by atoms with E-state index in [1.165, 1.54) is 51.4 Å². The molecule has 0 aromatic heterocycles. The minimum Gasteiger partial charge on any atom is -0.447 e. The summed E-state index contributed by atoms with van der Waals surface area (Å²) in [5.74, 6) is -1.74. The van der Waals surface area contributed by atoms with Crippen LogP contribution in [0.3, 0.4) is 0 Å². The number of hydrogen-bond acceptors (Lipinski definition) is 6. The maximum absolute atomic E-state index is 10.6. The predicted molar refractivity (Wildman–Crippen MR) is 135 cm³/mol. The summed E-state index contributed by atoms with van der Waals surface area (Å²) in [5, 5.41) is 40.2. The number of ether oxygens (including phenoxy) is 2. The van der Waals surface area contributed by atoms with Crippen molar-refractivity contribution in [2.24, 2.45) is 16.7 Å². The third-order valence-corrected chi connectivity index (χ3v) is 8.75. The van der Waals surface area contributed by atoms with E-state index in [0.717, 1.165) is 51.4 Å². The molecule has 3 rings (SSSR count). The van der Waals surface area contributed by atoms with Gasteiger partial charge in [0, 0.05) is 6.42 Å². The van der Waals surface area contributed by atoms with Crippen LogP contribution in [0.15, 0.2) is 0 Å². The summed E-state index contributed by atoms with van der Waals surface area (Å²) in [6.45, 7) is 2.22. The van der Waals surface area contributed by atoms with Crippen molar-refractivity contribution >= 4 is 5.90 Å². The van der Waals surface area contributed by atoms with Crippen molar-refractivity contribution < 1.29 is 9.47 Å². The lowest BCUT2D eigenvalue weighted by molar-refractivity contribution is -0.286. The first-order chi connectivity index (χ1) is 17.1. The number of nitrogens with one attached hydrogen (secondary N) is 1. The third kappa shape index (κ3) is 5.22. The number of nitriles is 3. The van der Waals surface area contributed by atoms with Crippen LogP contribution in [-0.2, 0) is 9.47 Å². The van der Waals surface area contributed by atoms with Gasteiger partial charge in [-0.15, -0.1) is 0 Å². The topological polar surface area (TPSA) is 114 Å². The Kier molecular flexibility index (Phi) is 10.0. The van der Waals surface area contributed by atoms with E-state index in [4.69, 9.17) is 14.9 Å². The highest BCUT2D eigenvalue weighted by molar-refractivity contribution is 5.89. The minimum atomic E-state index is -1.72. The van der Waals surface area contributed by atoms with Gasteiger partial charge in [-0.3, -0.25) is 5.41 Å². The fraction of sp³-hybridized carbons (Fsp3) is 0.862. The van der Waals surface area contributed by atoms with Gasteiger partial charge in [-0.1, -0.05) is 103 Å². The fourth-order valence-corrected chi connectivity index (χ4v) is 6.76. The molecule has 192 valence electrons. The molecule has 0 radical (unpaired) electrons. The van der Waals surface area contributed by atoms with Crippen molar-refractivity contribution in [2.75, 3.05) is 0 Å². The van der Waals surface area contributed by atoms with Crippen LogP contribution in [0, 0.1) is 56.2 Å². The largest absolute Gasteiger partial charge is 0.447 e. The van der Waals surface area contributed by atoms with Gasteiger partial charge in [0.1, 0.15) is 0 Å². The Balaban J connectivity index is 1.83. The molecule has 1 saturated carbocycles. The van der Waals surface area contributed by atoms with E-state index >= 15 is 0 Å². The molecule has 0 spiro atoms. The van der Waals surface area contributed by atoms with Crippen LogP contribution >= 0.6 is 0 Å². The summed E-state index contributed by atoms with van der Waals surface area (Å²) in [6.07, 6.45) is 19.1. The van der Waals surface area contributed by atoms with E-state index in [1.54, 1.807) is 0 Å². The summed E-state index contributed by atoms with van der Waals surface area (Å²) >= 11 is 0. The van der Waals surface area contributed by atoms with E-state index in [1.807, 2.05) is 0 Å². The standard InChI is InChI=1S/C29H44N4O2/c1-2-3-4-5-6-10-13-16-19-25-27(21-30,22-31)28(23-32)24-18-15-12-9-7-8-11-14-17-20-29(24,34-25)35-26(28)33/h24-25,33H,2-20H2,1H3. The van der Waals surface area contributed by atoms with Gasteiger partial charge in [-0.2, -0.15) is 15.8 Å².